The molecule has 2 heterocycles. The molecule has 2 aromatic heterocycles. The molecule has 0 radical (unpaired) electrons. The lowest BCUT2D eigenvalue weighted by Gasteiger charge is -2.01. The van der Waals surface area contributed by atoms with E-state index in [4.69, 9.17) is 0 Å². The van der Waals surface area contributed by atoms with Crippen LogP contribution in [0.2, 0.25) is 0 Å². The molecule has 0 aliphatic heterocycles. The molecule has 0 aliphatic rings. The Labute approximate surface area is 132 Å². The highest BCUT2D eigenvalue weighted by atomic mass is 19.1. The highest BCUT2D eigenvalue weighted by Gasteiger charge is 2.16. The van der Waals surface area contributed by atoms with Crippen molar-refractivity contribution in [3.05, 3.63) is 77.5 Å². The zero-order valence-electron chi connectivity index (χ0n) is 12.2. The second kappa shape index (κ2) is 6.39. The van der Waals surface area contributed by atoms with Crippen LogP contribution < -0.4 is 0 Å². The Morgan fingerprint density at radius 2 is 1.91 bits per heavy atom. The standard InChI is InChI=1S/C17H14FN3O2/c18-13-7-4-12(5-8-13)6-9-15-14(17(22)23)11-21(20-15)16-3-1-2-10-19-16/h1-5,7-8,10-11H,6,9H2,(H,22,23). The molecular weight excluding hydrogens is 297 g/mol. The molecule has 23 heavy (non-hydrogen) atoms. The average Bonchev–Trinajstić information content (AvgIpc) is 3.00. The number of halogens is 1. The van der Waals surface area contributed by atoms with E-state index in [-0.39, 0.29) is 11.4 Å². The molecule has 0 bridgehead atoms. The second-order valence-corrected chi connectivity index (χ2v) is 5.05. The largest absolute Gasteiger partial charge is 0.478 e. The van der Waals surface area contributed by atoms with Gasteiger partial charge in [-0.25, -0.2) is 18.9 Å². The Morgan fingerprint density at radius 3 is 2.57 bits per heavy atom. The molecule has 3 rings (SSSR count). The van der Waals surface area contributed by atoms with Gasteiger partial charge in [0.2, 0.25) is 0 Å². The van der Waals surface area contributed by atoms with Gasteiger partial charge in [-0.3, -0.25) is 0 Å². The van der Waals surface area contributed by atoms with E-state index in [2.05, 4.69) is 10.1 Å². The topological polar surface area (TPSA) is 68.0 Å². The fourth-order valence-corrected chi connectivity index (χ4v) is 2.29. The van der Waals surface area contributed by atoms with Crippen LogP contribution in [0.5, 0.6) is 0 Å². The fourth-order valence-electron chi connectivity index (χ4n) is 2.29. The van der Waals surface area contributed by atoms with Crippen LogP contribution >= 0.6 is 0 Å². The Morgan fingerprint density at radius 1 is 1.13 bits per heavy atom. The minimum Gasteiger partial charge on any atom is -0.478 e. The predicted octanol–water partition coefficient (Wildman–Crippen LogP) is 2.89. The van der Waals surface area contributed by atoms with Crippen molar-refractivity contribution in [3.63, 3.8) is 0 Å². The molecule has 0 spiro atoms. The summed E-state index contributed by atoms with van der Waals surface area (Å²) >= 11 is 0. The van der Waals surface area contributed by atoms with Crippen molar-refractivity contribution in [2.24, 2.45) is 0 Å². The number of aromatic carboxylic acids is 1. The number of aryl methyl sites for hydroxylation is 2. The van der Waals surface area contributed by atoms with E-state index in [1.54, 1.807) is 30.5 Å². The van der Waals surface area contributed by atoms with Gasteiger partial charge < -0.3 is 5.11 Å². The summed E-state index contributed by atoms with van der Waals surface area (Å²) in [5.74, 6) is -0.760. The molecule has 0 amide bonds. The van der Waals surface area contributed by atoms with E-state index in [0.29, 0.717) is 24.4 Å². The monoisotopic (exact) mass is 311 g/mol. The van der Waals surface area contributed by atoms with Crippen LogP contribution in [0.1, 0.15) is 21.6 Å². The van der Waals surface area contributed by atoms with Crippen molar-refractivity contribution in [1.29, 1.82) is 0 Å². The maximum Gasteiger partial charge on any atom is 0.339 e. The van der Waals surface area contributed by atoms with Crippen LogP contribution in [-0.2, 0) is 12.8 Å². The molecule has 3 aromatic rings. The SMILES string of the molecule is O=C(O)c1cn(-c2ccccn2)nc1CCc1ccc(F)cc1. The lowest BCUT2D eigenvalue weighted by Crippen LogP contribution is -2.02. The molecule has 0 saturated heterocycles. The third-order valence-corrected chi connectivity index (χ3v) is 3.47. The normalized spacial score (nSPS) is 10.7. The number of aromatic nitrogens is 3. The summed E-state index contributed by atoms with van der Waals surface area (Å²) in [7, 11) is 0. The van der Waals surface area contributed by atoms with E-state index in [0.717, 1.165) is 5.56 Å². The van der Waals surface area contributed by atoms with Gasteiger partial charge in [-0.1, -0.05) is 18.2 Å². The molecule has 5 nitrogen and oxygen atoms in total. The quantitative estimate of drug-likeness (QED) is 0.786. The number of rotatable bonds is 5. The number of hydrogen-bond acceptors (Lipinski definition) is 3. The summed E-state index contributed by atoms with van der Waals surface area (Å²) in [5.41, 5.74) is 1.56. The Hall–Kier alpha value is -3.02. The van der Waals surface area contributed by atoms with Gasteiger partial charge in [0.05, 0.1) is 5.69 Å². The van der Waals surface area contributed by atoms with Crippen molar-refractivity contribution < 1.29 is 14.3 Å². The summed E-state index contributed by atoms with van der Waals surface area (Å²) in [6.07, 6.45) is 4.12. The first kappa shape index (κ1) is 14.9. The first-order valence-corrected chi connectivity index (χ1v) is 7.11. The lowest BCUT2D eigenvalue weighted by molar-refractivity contribution is 0.0695. The van der Waals surface area contributed by atoms with Gasteiger partial charge in [0, 0.05) is 12.4 Å². The molecule has 0 fully saturated rings. The van der Waals surface area contributed by atoms with Crippen LogP contribution in [0.3, 0.4) is 0 Å². The van der Waals surface area contributed by atoms with Crippen LogP contribution in [-0.4, -0.2) is 25.8 Å². The number of carboxylic acid groups (broad SMARTS) is 1. The first-order valence-electron chi connectivity index (χ1n) is 7.11. The average molecular weight is 311 g/mol. The summed E-state index contributed by atoms with van der Waals surface area (Å²) in [6, 6.07) is 11.5. The minimum atomic E-state index is -1.03. The molecule has 1 aromatic carbocycles. The van der Waals surface area contributed by atoms with Crippen LogP contribution in [0.25, 0.3) is 5.82 Å². The van der Waals surface area contributed by atoms with Crippen molar-refractivity contribution >= 4 is 5.97 Å². The maximum absolute atomic E-state index is 12.9. The third kappa shape index (κ3) is 3.42. The molecule has 0 atom stereocenters. The van der Waals surface area contributed by atoms with E-state index in [1.165, 1.54) is 23.0 Å². The van der Waals surface area contributed by atoms with Crippen molar-refractivity contribution in [3.8, 4) is 5.82 Å². The molecule has 0 saturated carbocycles. The number of pyridine rings is 1. The van der Waals surface area contributed by atoms with Gasteiger partial charge in [-0.05, 0) is 42.7 Å². The van der Waals surface area contributed by atoms with Crippen LogP contribution in [0.4, 0.5) is 4.39 Å². The van der Waals surface area contributed by atoms with Crippen LogP contribution in [0.15, 0.2) is 54.9 Å². The lowest BCUT2D eigenvalue weighted by atomic mass is 10.1. The Balaban J connectivity index is 1.84. The summed E-state index contributed by atoms with van der Waals surface area (Å²) in [4.78, 5) is 15.6. The molecule has 116 valence electrons. The number of carbonyl (C=O) groups is 1. The highest BCUT2D eigenvalue weighted by molar-refractivity contribution is 5.88. The fraction of sp³-hybridized carbons (Fsp3) is 0.118. The first-order chi connectivity index (χ1) is 11.1. The van der Waals surface area contributed by atoms with E-state index in [9.17, 15) is 14.3 Å². The molecule has 1 N–H and O–H groups in total. The van der Waals surface area contributed by atoms with Crippen molar-refractivity contribution in [2.75, 3.05) is 0 Å². The maximum atomic E-state index is 12.9. The van der Waals surface area contributed by atoms with Crippen molar-refractivity contribution in [1.82, 2.24) is 14.8 Å². The van der Waals surface area contributed by atoms with Crippen molar-refractivity contribution in [2.45, 2.75) is 12.8 Å². The van der Waals surface area contributed by atoms with Gasteiger partial charge in [0.25, 0.3) is 0 Å². The second-order valence-electron chi connectivity index (χ2n) is 5.05. The number of hydrogen-bond donors (Lipinski definition) is 1. The van der Waals surface area contributed by atoms with E-state index in [1.807, 2.05) is 6.07 Å². The summed E-state index contributed by atoms with van der Waals surface area (Å²) in [6.45, 7) is 0. The van der Waals surface area contributed by atoms with Gasteiger partial charge in [0.1, 0.15) is 11.4 Å². The van der Waals surface area contributed by atoms with E-state index >= 15 is 0 Å². The zero-order valence-corrected chi connectivity index (χ0v) is 12.2. The Kier molecular flexibility index (Phi) is 4.14. The highest BCUT2D eigenvalue weighted by Crippen LogP contribution is 2.14. The minimum absolute atomic E-state index is 0.151. The van der Waals surface area contributed by atoms with Gasteiger partial charge in [-0.2, -0.15) is 5.10 Å². The van der Waals surface area contributed by atoms with Gasteiger partial charge in [0.15, 0.2) is 5.82 Å². The zero-order chi connectivity index (χ0) is 16.2. The summed E-state index contributed by atoms with van der Waals surface area (Å²) in [5, 5.41) is 13.7. The Bertz CT molecular complexity index is 814. The predicted molar refractivity (Wildman–Crippen MR) is 82.1 cm³/mol. The third-order valence-electron chi connectivity index (χ3n) is 3.47. The molecule has 6 heteroatoms. The van der Waals surface area contributed by atoms with Gasteiger partial charge in [-0.15, -0.1) is 0 Å². The summed E-state index contributed by atoms with van der Waals surface area (Å²) < 4.78 is 14.4. The number of carboxylic acids is 1. The molecular formula is C17H14FN3O2. The van der Waals surface area contributed by atoms with Crippen LogP contribution in [0, 0.1) is 5.82 Å². The molecule has 0 aliphatic carbocycles. The number of benzene rings is 1. The molecule has 0 unspecified atom stereocenters. The van der Waals surface area contributed by atoms with E-state index < -0.39 is 5.97 Å². The smallest absolute Gasteiger partial charge is 0.339 e. The van der Waals surface area contributed by atoms with Gasteiger partial charge >= 0.3 is 5.97 Å². The number of nitrogens with zero attached hydrogens (tertiary/aromatic N) is 3.